The largest absolute Gasteiger partial charge is 0.489 e. The number of nitrogens with zero attached hydrogens (tertiary/aromatic N) is 2. The van der Waals surface area contributed by atoms with Crippen molar-refractivity contribution in [3.05, 3.63) is 125 Å². The van der Waals surface area contributed by atoms with E-state index in [1.807, 2.05) is 54.0 Å². The number of aryl methyl sites for hydroxylation is 1. The van der Waals surface area contributed by atoms with Gasteiger partial charge in [-0.1, -0.05) is 66.2 Å². The fourth-order valence-corrected chi connectivity index (χ4v) is 5.31. The highest BCUT2D eigenvalue weighted by Crippen LogP contribution is 2.27. The Hall–Kier alpha value is -4.14. The van der Waals surface area contributed by atoms with Crippen LogP contribution in [-0.2, 0) is 23.2 Å². The molecule has 0 spiro atoms. The van der Waals surface area contributed by atoms with Gasteiger partial charge in [-0.05, 0) is 60.5 Å². The van der Waals surface area contributed by atoms with E-state index < -0.39 is 15.9 Å². The van der Waals surface area contributed by atoms with Gasteiger partial charge in [0, 0.05) is 10.6 Å². The van der Waals surface area contributed by atoms with Gasteiger partial charge >= 0.3 is 0 Å². The Morgan fingerprint density at radius 2 is 1.66 bits per heavy atom. The number of aromatic nitrogens is 2. The minimum Gasteiger partial charge on any atom is -0.489 e. The number of carbonyl (C=O) groups is 1. The summed E-state index contributed by atoms with van der Waals surface area (Å²) in [7, 11) is -4.00. The monoisotopic (exact) mass is 545 g/mol. The van der Waals surface area contributed by atoms with Gasteiger partial charge in [-0.2, -0.15) is 0 Å². The third-order valence-electron chi connectivity index (χ3n) is 6.08. The van der Waals surface area contributed by atoms with Gasteiger partial charge in [-0.3, -0.25) is 4.79 Å². The summed E-state index contributed by atoms with van der Waals surface area (Å²) >= 11 is 6.60. The van der Waals surface area contributed by atoms with E-state index in [1.165, 1.54) is 12.1 Å². The van der Waals surface area contributed by atoms with Crippen LogP contribution in [0.25, 0.3) is 11.0 Å². The zero-order valence-corrected chi connectivity index (χ0v) is 22.0. The summed E-state index contributed by atoms with van der Waals surface area (Å²) in [6.45, 7) is 2.71. The van der Waals surface area contributed by atoms with Gasteiger partial charge < -0.3 is 9.30 Å². The number of carbonyl (C=O) groups excluding carboxylic acids is 1. The molecule has 192 valence electrons. The molecule has 9 heteroatoms. The van der Waals surface area contributed by atoms with E-state index in [2.05, 4.69) is 9.71 Å². The van der Waals surface area contributed by atoms with Crippen LogP contribution in [0.1, 0.15) is 27.3 Å². The first kappa shape index (κ1) is 25.5. The van der Waals surface area contributed by atoms with Crippen molar-refractivity contribution in [1.82, 2.24) is 14.3 Å². The van der Waals surface area contributed by atoms with E-state index in [4.69, 9.17) is 16.3 Å². The number of imidazole rings is 1. The summed E-state index contributed by atoms with van der Waals surface area (Å²) < 4.78 is 35.2. The van der Waals surface area contributed by atoms with Crippen LogP contribution < -0.4 is 9.46 Å². The molecule has 1 amide bonds. The van der Waals surface area contributed by atoms with Crippen LogP contribution in [0.15, 0.2) is 102 Å². The lowest BCUT2D eigenvalue weighted by Crippen LogP contribution is -2.30. The molecule has 0 aliphatic rings. The second kappa shape index (κ2) is 10.7. The summed E-state index contributed by atoms with van der Waals surface area (Å²) in [5.74, 6) is 0.669. The van der Waals surface area contributed by atoms with Gasteiger partial charge in [0.15, 0.2) is 0 Å². The quantitative estimate of drug-likeness (QED) is 0.268. The van der Waals surface area contributed by atoms with E-state index >= 15 is 0 Å². The number of sulfonamides is 1. The predicted molar refractivity (Wildman–Crippen MR) is 147 cm³/mol. The number of nitrogens with one attached hydrogen (secondary N) is 1. The van der Waals surface area contributed by atoms with Crippen molar-refractivity contribution in [1.29, 1.82) is 0 Å². The van der Waals surface area contributed by atoms with Gasteiger partial charge in [-0.15, -0.1) is 0 Å². The van der Waals surface area contributed by atoms with Gasteiger partial charge in [0.2, 0.25) is 0 Å². The molecule has 7 nitrogen and oxygen atoms in total. The Kier molecular flexibility index (Phi) is 7.18. The predicted octanol–water partition coefficient (Wildman–Crippen LogP) is 5.74. The second-order valence-corrected chi connectivity index (χ2v) is 10.8. The molecule has 0 atom stereocenters. The highest BCUT2D eigenvalue weighted by Gasteiger charge is 2.20. The van der Waals surface area contributed by atoms with Crippen molar-refractivity contribution in [2.75, 3.05) is 0 Å². The molecule has 0 radical (unpaired) electrons. The molecule has 1 heterocycles. The molecule has 5 aromatic rings. The first-order valence-corrected chi connectivity index (χ1v) is 13.7. The van der Waals surface area contributed by atoms with E-state index in [9.17, 15) is 13.2 Å². The topological polar surface area (TPSA) is 90.3 Å². The average molecular weight is 546 g/mol. The maximum atomic E-state index is 12.9. The van der Waals surface area contributed by atoms with Gasteiger partial charge in [-0.25, -0.2) is 18.1 Å². The number of hydrogen-bond acceptors (Lipinski definition) is 5. The molecular weight excluding hydrogens is 522 g/mol. The first-order chi connectivity index (χ1) is 18.3. The summed E-state index contributed by atoms with van der Waals surface area (Å²) in [5.41, 5.74) is 3.48. The fourth-order valence-electron chi connectivity index (χ4n) is 4.08. The van der Waals surface area contributed by atoms with Crippen LogP contribution in [0.2, 0.25) is 5.02 Å². The molecule has 38 heavy (non-hydrogen) atoms. The maximum Gasteiger partial charge on any atom is 0.265 e. The fraction of sp³-hybridized carbons (Fsp3) is 0.103. The van der Waals surface area contributed by atoms with Crippen molar-refractivity contribution in [3.8, 4) is 5.75 Å². The Morgan fingerprint density at radius 1 is 0.947 bits per heavy atom. The number of fused-ring (bicyclic) bond motifs is 1. The number of rotatable bonds is 8. The van der Waals surface area contributed by atoms with Gasteiger partial charge in [0.1, 0.15) is 18.2 Å². The van der Waals surface area contributed by atoms with Crippen LogP contribution in [0.3, 0.4) is 0 Å². The molecule has 4 aromatic carbocycles. The highest BCUT2D eigenvalue weighted by molar-refractivity contribution is 7.90. The lowest BCUT2D eigenvalue weighted by Gasteiger charge is -2.12. The standard InChI is InChI=1S/C29H24ClN3O4S/c1-20-31-27-15-13-22(29(34)32-38(35,36)25-10-6-3-7-11-25)16-28(27)33(20)18-23-12-14-24(17-26(23)30)37-19-21-8-4-2-5-9-21/h2-17H,18-19H2,1H3,(H,32,34). The average Bonchev–Trinajstić information content (AvgIpc) is 3.23. The van der Waals surface area contributed by atoms with E-state index in [1.54, 1.807) is 42.5 Å². The number of amides is 1. The Labute approximate surface area is 225 Å². The van der Waals surface area contributed by atoms with Crippen molar-refractivity contribution in [2.45, 2.75) is 25.0 Å². The molecule has 1 aromatic heterocycles. The van der Waals surface area contributed by atoms with Crippen molar-refractivity contribution < 1.29 is 17.9 Å². The third-order valence-corrected chi connectivity index (χ3v) is 7.78. The van der Waals surface area contributed by atoms with Crippen molar-refractivity contribution in [3.63, 3.8) is 0 Å². The summed E-state index contributed by atoms with van der Waals surface area (Å²) in [6.07, 6.45) is 0. The van der Waals surface area contributed by atoms with Crippen LogP contribution in [-0.4, -0.2) is 23.9 Å². The zero-order chi connectivity index (χ0) is 26.7. The van der Waals surface area contributed by atoms with E-state index in [-0.39, 0.29) is 10.5 Å². The molecule has 5 rings (SSSR count). The van der Waals surface area contributed by atoms with Gasteiger partial charge in [0.05, 0.1) is 22.5 Å². The minimum absolute atomic E-state index is 0.0150. The molecular formula is C29H24ClN3O4S. The lowest BCUT2D eigenvalue weighted by molar-refractivity contribution is 0.0981. The molecule has 0 saturated heterocycles. The van der Waals surface area contributed by atoms with E-state index in [0.29, 0.717) is 35.0 Å². The minimum atomic E-state index is -4.00. The van der Waals surface area contributed by atoms with Crippen molar-refractivity contribution >= 4 is 38.6 Å². The van der Waals surface area contributed by atoms with E-state index in [0.717, 1.165) is 17.0 Å². The zero-order valence-electron chi connectivity index (χ0n) is 20.5. The molecule has 0 unspecified atom stereocenters. The number of benzene rings is 4. The number of hydrogen-bond donors (Lipinski definition) is 1. The SMILES string of the molecule is Cc1nc2ccc(C(=O)NS(=O)(=O)c3ccccc3)cc2n1Cc1ccc(OCc2ccccc2)cc1Cl. The first-order valence-electron chi connectivity index (χ1n) is 11.8. The Balaban J connectivity index is 1.36. The highest BCUT2D eigenvalue weighted by atomic mass is 35.5. The number of halogens is 1. The molecule has 0 aliphatic carbocycles. The van der Waals surface area contributed by atoms with Crippen LogP contribution in [0.5, 0.6) is 5.75 Å². The molecule has 1 N–H and O–H groups in total. The Bertz CT molecular complexity index is 1720. The summed E-state index contributed by atoms with van der Waals surface area (Å²) in [6, 6.07) is 28.1. The van der Waals surface area contributed by atoms with Crippen molar-refractivity contribution in [2.24, 2.45) is 0 Å². The second-order valence-electron chi connectivity index (χ2n) is 8.72. The van der Waals surface area contributed by atoms with Crippen LogP contribution in [0, 0.1) is 6.92 Å². The smallest absolute Gasteiger partial charge is 0.265 e. The molecule has 0 bridgehead atoms. The Morgan fingerprint density at radius 3 is 2.37 bits per heavy atom. The number of ether oxygens (including phenoxy) is 1. The van der Waals surface area contributed by atoms with Crippen LogP contribution in [0.4, 0.5) is 0 Å². The van der Waals surface area contributed by atoms with Crippen LogP contribution >= 0.6 is 11.6 Å². The molecule has 0 fully saturated rings. The molecule has 0 aliphatic heterocycles. The maximum absolute atomic E-state index is 12.9. The summed E-state index contributed by atoms with van der Waals surface area (Å²) in [4.78, 5) is 17.5. The van der Waals surface area contributed by atoms with Gasteiger partial charge in [0.25, 0.3) is 15.9 Å². The molecule has 0 saturated carbocycles. The normalized spacial score (nSPS) is 11.4. The lowest BCUT2D eigenvalue weighted by atomic mass is 10.1. The third kappa shape index (κ3) is 5.56. The summed E-state index contributed by atoms with van der Waals surface area (Å²) in [5, 5.41) is 0.541.